The van der Waals surface area contributed by atoms with Gasteiger partial charge in [0, 0.05) is 24.7 Å². The lowest BCUT2D eigenvalue weighted by Gasteiger charge is -2.53. The molecule has 0 bridgehead atoms. The first-order valence-electron chi connectivity index (χ1n) is 9.06. The third-order valence-corrected chi connectivity index (χ3v) is 8.78. The molecule has 2 heteroatoms. The molecule has 5 saturated carbocycles. The van der Waals surface area contributed by atoms with E-state index in [4.69, 9.17) is 0 Å². The molecule has 5 fully saturated rings. The molecule has 0 radical (unpaired) electrons. The standard InChI is InChI=1S/C19H26O2/c1-17-7-6-15-13(14(17)2-3-16(17)21)5-8-18-10-12(20)4-9-19(15,18)11-18/h13-15H,2-11H2,1H3/t13-,14+,15-,17-,18+,19-/m1/s1. The topological polar surface area (TPSA) is 34.1 Å². The molecule has 6 atom stereocenters. The molecule has 0 aromatic rings. The monoisotopic (exact) mass is 286 g/mol. The first-order chi connectivity index (χ1) is 10.0. The van der Waals surface area contributed by atoms with Gasteiger partial charge in [0.2, 0.25) is 0 Å². The number of carbonyl (C=O) groups is 2. The summed E-state index contributed by atoms with van der Waals surface area (Å²) >= 11 is 0. The number of rotatable bonds is 0. The Balaban J connectivity index is 1.50. The molecule has 5 rings (SSSR count). The summed E-state index contributed by atoms with van der Waals surface area (Å²) in [7, 11) is 0. The highest BCUT2D eigenvalue weighted by molar-refractivity contribution is 5.87. The Kier molecular flexibility index (Phi) is 2.22. The van der Waals surface area contributed by atoms with Gasteiger partial charge in [-0.3, -0.25) is 9.59 Å². The van der Waals surface area contributed by atoms with Gasteiger partial charge in [-0.25, -0.2) is 0 Å². The van der Waals surface area contributed by atoms with Gasteiger partial charge in [0.1, 0.15) is 11.6 Å². The molecule has 0 aliphatic heterocycles. The number of carbonyl (C=O) groups excluding carboxylic acids is 2. The highest BCUT2D eigenvalue weighted by atomic mass is 16.1. The van der Waals surface area contributed by atoms with Crippen molar-refractivity contribution in [2.24, 2.45) is 34.0 Å². The van der Waals surface area contributed by atoms with Crippen LogP contribution in [0.5, 0.6) is 0 Å². The SMILES string of the molecule is C[C@@]12CC[C@@H]3[C@H](CC[C@@]45CC(=O)CC[C@@]34C5)[C@@H]1CCC2=O. The number of ketones is 2. The fourth-order valence-electron chi connectivity index (χ4n) is 7.71. The van der Waals surface area contributed by atoms with Crippen molar-refractivity contribution in [3.8, 4) is 0 Å². The fraction of sp³-hybridized carbons (Fsp3) is 0.895. The summed E-state index contributed by atoms with van der Waals surface area (Å²) in [5.41, 5.74) is 0.952. The maximum Gasteiger partial charge on any atom is 0.139 e. The zero-order chi connectivity index (χ0) is 14.5. The molecular formula is C19H26O2. The van der Waals surface area contributed by atoms with Crippen molar-refractivity contribution in [1.82, 2.24) is 0 Å². The molecule has 0 N–H and O–H groups in total. The summed E-state index contributed by atoms with van der Waals surface area (Å²) in [6.45, 7) is 2.26. The molecule has 5 aliphatic carbocycles. The minimum absolute atomic E-state index is 0.0111. The summed E-state index contributed by atoms with van der Waals surface area (Å²) in [5, 5.41) is 0. The van der Waals surface area contributed by atoms with Crippen molar-refractivity contribution in [3.05, 3.63) is 0 Å². The quantitative estimate of drug-likeness (QED) is 0.676. The summed E-state index contributed by atoms with van der Waals surface area (Å²) in [4.78, 5) is 24.3. The first-order valence-corrected chi connectivity index (χ1v) is 9.06. The molecule has 21 heavy (non-hydrogen) atoms. The Morgan fingerprint density at radius 1 is 0.952 bits per heavy atom. The van der Waals surface area contributed by atoms with Crippen LogP contribution in [0.2, 0.25) is 0 Å². The summed E-state index contributed by atoms with van der Waals surface area (Å²) in [5.74, 6) is 3.37. The average molecular weight is 286 g/mol. The van der Waals surface area contributed by atoms with Gasteiger partial charge in [-0.1, -0.05) is 6.92 Å². The largest absolute Gasteiger partial charge is 0.300 e. The van der Waals surface area contributed by atoms with E-state index in [2.05, 4.69) is 6.92 Å². The Morgan fingerprint density at radius 2 is 1.81 bits per heavy atom. The van der Waals surface area contributed by atoms with E-state index < -0.39 is 0 Å². The lowest BCUT2D eigenvalue weighted by Crippen LogP contribution is -2.48. The summed E-state index contributed by atoms with van der Waals surface area (Å²) in [6.07, 6.45) is 11.2. The van der Waals surface area contributed by atoms with Crippen LogP contribution in [0, 0.1) is 34.0 Å². The van der Waals surface area contributed by atoms with Crippen LogP contribution in [-0.4, -0.2) is 11.6 Å². The normalized spacial score (nSPS) is 58.0. The van der Waals surface area contributed by atoms with Gasteiger partial charge in [0.05, 0.1) is 0 Å². The Morgan fingerprint density at radius 3 is 2.67 bits per heavy atom. The Bertz CT molecular complexity index is 552. The Labute approximate surface area is 127 Å². The second kappa shape index (κ2) is 3.63. The third kappa shape index (κ3) is 1.32. The van der Waals surface area contributed by atoms with Crippen LogP contribution >= 0.6 is 0 Å². The van der Waals surface area contributed by atoms with Crippen molar-refractivity contribution < 1.29 is 9.59 Å². The van der Waals surface area contributed by atoms with Gasteiger partial charge in [-0.2, -0.15) is 0 Å². The average Bonchev–Trinajstić information content (AvgIpc) is 3.05. The predicted molar refractivity (Wildman–Crippen MR) is 79.6 cm³/mol. The van der Waals surface area contributed by atoms with Crippen LogP contribution < -0.4 is 0 Å². The summed E-state index contributed by atoms with van der Waals surface area (Å²) in [6, 6.07) is 0. The molecule has 2 nitrogen and oxygen atoms in total. The van der Waals surface area contributed by atoms with Gasteiger partial charge < -0.3 is 0 Å². The lowest BCUT2D eigenvalue weighted by atomic mass is 9.50. The third-order valence-electron chi connectivity index (χ3n) is 8.78. The van der Waals surface area contributed by atoms with Crippen LogP contribution in [0.1, 0.15) is 71.1 Å². The lowest BCUT2D eigenvalue weighted by molar-refractivity contribution is -0.134. The molecule has 114 valence electrons. The highest BCUT2D eigenvalue weighted by Crippen LogP contribution is 2.82. The van der Waals surface area contributed by atoms with Crippen molar-refractivity contribution in [2.45, 2.75) is 71.1 Å². The molecule has 5 aliphatic rings. The minimum Gasteiger partial charge on any atom is -0.300 e. The number of fused-ring (bicyclic) bond motifs is 3. The van der Waals surface area contributed by atoms with Gasteiger partial charge in [0.25, 0.3) is 0 Å². The molecule has 0 unspecified atom stereocenters. The van der Waals surface area contributed by atoms with Gasteiger partial charge in [-0.15, -0.1) is 0 Å². The van der Waals surface area contributed by atoms with E-state index >= 15 is 0 Å². The number of hydrogen-bond donors (Lipinski definition) is 0. The van der Waals surface area contributed by atoms with Crippen molar-refractivity contribution in [1.29, 1.82) is 0 Å². The smallest absolute Gasteiger partial charge is 0.139 e. The second-order valence-electron chi connectivity index (χ2n) is 9.16. The fourth-order valence-corrected chi connectivity index (χ4v) is 7.71. The van der Waals surface area contributed by atoms with E-state index in [1.807, 2.05) is 0 Å². The van der Waals surface area contributed by atoms with E-state index in [0.717, 1.165) is 43.9 Å². The zero-order valence-electron chi connectivity index (χ0n) is 13.1. The van der Waals surface area contributed by atoms with Gasteiger partial charge >= 0.3 is 0 Å². The van der Waals surface area contributed by atoms with E-state index in [0.29, 0.717) is 28.3 Å². The number of Topliss-reactive ketones (excluding diaryl/α,β-unsaturated/α-hetero) is 2. The maximum atomic E-state index is 12.4. The molecule has 0 spiro atoms. The molecule has 0 aromatic carbocycles. The maximum absolute atomic E-state index is 12.4. The molecular weight excluding hydrogens is 260 g/mol. The van der Waals surface area contributed by atoms with Crippen LogP contribution in [0.3, 0.4) is 0 Å². The molecule has 0 aromatic heterocycles. The first kappa shape index (κ1) is 12.8. The van der Waals surface area contributed by atoms with E-state index in [9.17, 15) is 9.59 Å². The van der Waals surface area contributed by atoms with Crippen LogP contribution in [0.4, 0.5) is 0 Å². The second-order valence-corrected chi connectivity index (χ2v) is 9.16. The number of hydrogen-bond acceptors (Lipinski definition) is 2. The van der Waals surface area contributed by atoms with Crippen molar-refractivity contribution >= 4 is 11.6 Å². The van der Waals surface area contributed by atoms with Crippen LogP contribution in [-0.2, 0) is 9.59 Å². The molecule has 0 heterocycles. The predicted octanol–water partition coefficient (Wildman–Crippen LogP) is 3.92. The van der Waals surface area contributed by atoms with Crippen molar-refractivity contribution in [2.75, 3.05) is 0 Å². The van der Waals surface area contributed by atoms with Crippen LogP contribution in [0.15, 0.2) is 0 Å². The summed E-state index contributed by atoms with van der Waals surface area (Å²) < 4.78 is 0. The molecule has 0 saturated heterocycles. The van der Waals surface area contributed by atoms with Gasteiger partial charge in [-0.05, 0) is 73.5 Å². The van der Waals surface area contributed by atoms with E-state index in [1.165, 1.54) is 32.1 Å². The molecule has 0 amide bonds. The van der Waals surface area contributed by atoms with Crippen LogP contribution in [0.25, 0.3) is 0 Å². The van der Waals surface area contributed by atoms with Gasteiger partial charge in [0.15, 0.2) is 0 Å². The van der Waals surface area contributed by atoms with Crippen molar-refractivity contribution in [3.63, 3.8) is 0 Å². The zero-order valence-corrected chi connectivity index (χ0v) is 13.1. The Hall–Kier alpha value is -0.660. The highest BCUT2D eigenvalue weighted by Gasteiger charge is 2.75. The van der Waals surface area contributed by atoms with E-state index in [1.54, 1.807) is 0 Å². The van der Waals surface area contributed by atoms with E-state index in [-0.39, 0.29) is 5.41 Å². The minimum atomic E-state index is 0.0111.